The van der Waals surface area contributed by atoms with Crippen molar-refractivity contribution in [3.05, 3.63) is 29.8 Å². The number of nitriles is 1. The molecule has 0 aliphatic carbocycles. The van der Waals surface area contributed by atoms with E-state index < -0.39 is 8.80 Å². The second kappa shape index (κ2) is 6.99. The van der Waals surface area contributed by atoms with E-state index in [1.807, 2.05) is 0 Å². The van der Waals surface area contributed by atoms with Gasteiger partial charge in [-0.25, -0.2) is 0 Å². The molecule has 0 amide bonds. The summed E-state index contributed by atoms with van der Waals surface area (Å²) in [6, 6.07) is 11.8. The molecule has 0 radical (unpaired) electrons. The van der Waals surface area contributed by atoms with Crippen LogP contribution in [-0.4, -0.2) is 24.6 Å². The Morgan fingerprint density at radius 3 is 2.53 bits per heavy atom. The molecule has 0 aromatic heterocycles. The molecular weight excluding hydrogens is 317 g/mol. The van der Waals surface area contributed by atoms with Crippen LogP contribution in [0.5, 0.6) is 0 Å². The second-order valence-electron chi connectivity index (χ2n) is 4.99. The van der Waals surface area contributed by atoms with Crippen LogP contribution >= 0.6 is 34.8 Å². The van der Waals surface area contributed by atoms with Crippen molar-refractivity contribution >= 4 is 48.8 Å². The van der Waals surface area contributed by atoms with Crippen LogP contribution in [0.15, 0.2) is 24.3 Å². The highest BCUT2D eigenvalue weighted by molar-refractivity contribution is 6.82. The SMILES string of the molecule is N#CCCc1ccc([SiH]2CCC(Cl)C(Cl)C2Cl)cc1. The van der Waals surface area contributed by atoms with Gasteiger partial charge >= 0.3 is 0 Å². The molecule has 0 saturated carbocycles. The van der Waals surface area contributed by atoms with E-state index in [9.17, 15) is 0 Å². The predicted octanol–water partition coefficient (Wildman–Crippen LogP) is 3.34. The van der Waals surface area contributed by atoms with Crippen LogP contribution in [0.4, 0.5) is 0 Å². The smallest absolute Gasteiger partial charge is 0.0926 e. The Bertz CT molecular complexity index is 457. The van der Waals surface area contributed by atoms with Gasteiger partial charge in [-0.3, -0.25) is 0 Å². The minimum absolute atomic E-state index is 0.00261. The summed E-state index contributed by atoms with van der Waals surface area (Å²) >= 11 is 19.0. The standard InChI is InChI=1S/C14H16Cl3NSi/c15-12-7-9-19(14(17)13(12)16)11-5-3-10(4-6-11)2-1-8-18/h3-6,12-14,19H,1-2,7,9H2. The van der Waals surface area contributed by atoms with Crippen LogP contribution in [0.3, 0.4) is 0 Å². The molecule has 1 saturated heterocycles. The topological polar surface area (TPSA) is 23.8 Å². The molecule has 1 aliphatic heterocycles. The zero-order valence-electron chi connectivity index (χ0n) is 10.5. The molecule has 1 nitrogen and oxygen atoms in total. The first-order chi connectivity index (χ1) is 9.13. The highest BCUT2D eigenvalue weighted by Crippen LogP contribution is 2.31. The van der Waals surface area contributed by atoms with Crippen molar-refractivity contribution in [1.29, 1.82) is 5.26 Å². The molecule has 5 heteroatoms. The lowest BCUT2D eigenvalue weighted by Gasteiger charge is -2.33. The third-order valence-corrected chi connectivity index (χ3v) is 9.85. The highest BCUT2D eigenvalue weighted by atomic mass is 35.5. The van der Waals surface area contributed by atoms with Crippen LogP contribution in [0, 0.1) is 11.3 Å². The van der Waals surface area contributed by atoms with Gasteiger partial charge in [0.25, 0.3) is 0 Å². The second-order valence-corrected chi connectivity index (χ2v) is 10.2. The fourth-order valence-corrected chi connectivity index (χ4v) is 8.05. The number of rotatable bonds is 3. The highest BCUT2D eigenvalue weighted by Gasteiger charge is 2.38. The summed E-state index contributed by atoms with van der Waals surface area (Å²) in [5.41, 5.74) is 1.21. The first kappa shape index (κ1) is 15.2. The molecule has 0 bridgehead atoms. The van der Waals surface area contributed by atoms with E-state index in [0.717, 1.165) is 18.9 Å². The lowest BCUT2D eigenvalue weighted by atomic mass is 10.1. The maximum absolute atomic E-state index is 8.59. The Balaban J connectivity index is 2.08. The van der Waals surface area contributed by atoms with E-state index in [1.54, 1.807) is 0 Å². The van der Waals surface area contributed by atoms with Gasteiger partial charge in [0, 0.05) is 11.4 Å². The van der Waals surface area contributed by atoms with Crippen molar-refractivity contribution in [3.63, 3.8) is 0 Å². The number of nitrogens with zero attached hydrogens (tertiary/aromatic N) is 1. The van der Waals surface area contributed by atoms with Crippen molar-refractivity contribution in [3.8, 4) is 6.07 Å². The van der Waals surface area contributed by atoms with Gasteiger partial charge in [0.1, 0.15) is 0 Å². The number of alkyl halides is 3. The molecule has 0 N–H and O–H groups in total. The third-order valence-electron chi connectivity index (χ3n) is 3.72. The number of hydrogen-bond donors (Lipinski definition) is 0. The molecule has 1 aliphatic rings. The maximum Gasteiger partial charge on any atom is 0.0926 e. The zero-order chi connectivity index (χ0) is 13.8. The summed E-state index contributed by atoms with van der Waals surface area (Å²) in [5.74, 6) is 0. The lowest BCUT2D eigenvalue weighted by Crippen LogP contribution is -2.50. The minimum Gasteiger partial charge on any atom is -0.198 e. The Morgan fingerprint density at radius 1 is 1.21 bits per heavy atom. The van der Waals surface area contributed by atoms with Crippen LogP contribution < -0.4 is 5.19 Å². The Kier molecular flexibility index (Phi) is 5.59. The normalized spacial score (nSPS) is 30.8. The van der Waals surface area contributed by atoms with E-state index in [4.69, 9.17) is 40.1 Å². The molecule has 1 fully saturated rings. The molecule has 4 atom stereocenters. The van der Waals surface area contributed by atoms with Gasteiger partial charge in [-0.1, -0.05) is 35.5 Å². The molecule has 2 rings (SSSR count). The Hall–Kier alpha value is -0.203. The van der Waals surface area contributed by atoms with Gasteiger partial charge in [0.05, 0.1) is 25.6 Å². The average molecular weight is 333 g/mol. The van der Waals surface area contributed by atoms with Gasteiger partial charge < -0.3 is 0 Å². The van der Waals surface area contributed by atoms with Crippen molar-refractivity contribution in [1.82, 2.24) is 0 Å². The van der Waals surface area contributed by atoms with Crippen molar-refractivity contribution in [2.24, 2.45) is 0 Å². The summed E-state index contributed by atoms with van der Waals surface area (Å²) in [7, 11) is -1.24. The monoisotopic (exact) mass is 331 g/mol. The van der Waals surface area contributed by atoms with Gasteiger partial charge in [-0.05, 0) is 18.4 Å². The fraction of sp³-hybridized carbons (Fsp3) is 0.500. The van der Waals surface area contributed by atoms with Crippen LogP contribution in [0.2, 0.25) is 6.04 Å². The van der Waals surface area contributed by atoms with Crippen molar-refractivity contribution in [2.45, 2.75) is 41.1 Å². The largest absolute Gasteiger partial charge is 0.198 e. The average Bonchev–Trinajstić information content (AvgIpc) is 2.44. The van der Waals surface area contributed by atoms with Crippen LogP contribution in [-0.2, 0) is 6.42 Å². The van der Waals surface area contributed by atoms with E-state index in [-0.39, 0.29) is 15.8 Å². The molecule has 1 heterocycles. The quantitative estimate of drug-likeness (QED) is 0.615. The summed E-state index contributed by atoms with van der Waals surface area (Å²) in [6.07, 6.45) is 2.34. The first-order valence-corrected chi connectivity index (χ1v) is 9.88. The molecule has 1 aromatic rings. The van der Waals surface area contributed by atoms with E-state index in [2.05, 4.69) is 30.3 Å². The summed E-state index contributed by atoms with van der Waals surface area (Å²) in [4.78, 5) is 0. The fourth-order valence-electron chi connectivity index (χ4n) is 2.56. The van der Waals surface area contributed by atoms with Crippen LogP contribution in [0.1, 0.15) is 18.4 Å². The molecule has 0 spiro atoms. The Morgan fingerprint density at radius 2 is 1.89 bits per heavy atom. The molecule has 19 heavy (non-hydrogen) atoms. The summed E-state index contributed by atoms with van der Waals surface area (Å²) in [6.45, 7) is 0. The lowest BCUT2D eigenvalue weighted by molar-refractivity contribution is 0.728. The zero-order valence-corrected chi connectivity index (χ0v) is 14.0. The molecule has 102 valence electrons. The van der Waals surface area contributed by atoms with E-state index in [1.165, 1.54) is 10.8 Å². The van der Waals surface area contributed by atoms with Gasteiger partial charge in [-0.15, -0.1) is 34.8 Å². The number of hydrogen-bond acceptors (Lipinski definition) is 1. The third kappa shape index (κ3) is 3.67. The molecule has 1 aromatic carbocycles. The van der Waals surface area contributed by atoms with Gasteiger partial charge in [-0.2, -0.15) is 5.26 Å². The number of benzene rings is 1. The number of halogens is 3. The predicted molar refractivity (Wildman–Crippen MR) is 85.5 cm³/mol. The van der Waals surface area contributed by atoms with Crippen molar-refractivity contribution < 1.29 is 0 Å². The first-order valence-electron chi connectivity index (χ1n) is 6.51. The van der Waals surface area contributed by atoms with Crippen molar-refractivity contribution in [2.75, 3.05) is 0 Å². The number of aryl methyl sites for hydroxylation is 1. The van der Waals surface area contributed by atoms with E-state index >= 15 is 0 Å². The van der Waals surface area contributed by atoms with E-state index in [0.29, 0.717) is 6.42 Å². The molecule has 4 unspecified atom stereocenters. The Labute approximate surface area is 131 Å². The minimum atomic E-state index is -1.24. The maximum atomic E-state index is 8.59. The molecular formula is C14H16Cl3NSi. The van der Waals surface area contributed by atoms with Gasteiger partial charge in [0.15, 0.2) is 0 Å². The van der Waals surface area contributed by atoms with Crippen LogP contribution in [0.25, 0.3) is 0 Å². The van der Waals surface area contributed by atoms with Gasteiger partial charge in [0.2, 0.25) is 0 Å². The summed E-state index contributed by atoms with van der Waals surface area (Å²) in [5, 5.41) is 9.84. The summed E-state index contributed by atoms with van der Waals surface area (Å²) < 4.78 is 0.